The van der Waals surface area contributed by atoms with E-state index in [1.54, 1.807) is 6.20 Å². The molecule has 0 radical (unpaired) electrons. The van der Waals surface area contributed by atoms with Crippen LogP contribution in [-0.2, 0) is 0 Å². The summed E-state index contributed by atoms with van der Waals surface area (Å²) in [6.45, 7) is 2.68. The molecule has 1 amide bonds. The van der Waals surface area contributed by atoms with E-state index < -0.39 is 0 Å². The lowest BCUT2D eigenvalue weighted by atomic mass is 10.3. The second kappa shape index (κ2) is 7.64. The number of carbonyl (C=O) groups is 1. The first kappa shape index (κ1) is 15.3. The number of carbonyl (C=O) groups excluding carboxylic acids is 1. The molecule has 2 aromatic rings. The molecule has 6 heteroatoms. The average Bonchev–Trinajstić information content (AvgIpc) is 2.50. The summed E-state index contributed by atoms with van der Waals surface area (Å²) in [5.74, 6) is -0.120. The Morgan fingerprint density at radius 2 is 2.10 bits per heavy atom. The number of benzene rings is 1. The Labute approximate surface area is 128 Å². The van der Waals surface area contributed by atoms with Crippen molar-refractivity contribution in [2.24, 2.45) is 0 Å². The summed E-state index contributed by atoms with van der Waals surface area (Å²) in [4.78, 5) is 21.4. The van der Waals surface area contributed by atoms with Crippen LogP contribution in [-0.4, -0.2) is 22.4 Å². The highest BCUT2D eigenvalue weighted by Crippen LogP contribution is 2.25. The van der Waals surface area contributed by atoms with Crippen molar-refractivity contribution in [2.75, 3.05) is 12.3 Å². The van der Waals surface area contributed by atoms with Crippen molar-refractivity contribution >= 4 is 23.5 Å². The first-order valence-corrected chi connectivity index (χ1v) is 7.66. The fraction of sp³-hybridized carbons (Fsp3) is 0.267. The molecule has 21 heavy (non-hydrogen) atoms. The van der Waals surface area contributed by atoms with E-state index in [1.807, 2.05) is 30.3 Å². The van der Waals surface area contributed by atoms with Crippen LogP contribution in [0.5, 0.6) is 0 Å². The van der Waals surface area contributed by atoms with Gasteiger partial charge in [0.15, 0.2) is 11.5 Å². The molecule has 0 unspecified atom stereocenters. The minimum Gasteiger partial charge on any atom is -0.382 e. The molecule has 5 nitrogen and oxygen atoms in total. The van der Waals surface area contributed by atoms with E-state index in [-0.39, 0.29) is 17.4 Å². The minimum absolute atomic E-state index is 0.154. The molecule has 0 atom stereocenters. The molecule has 0 aliphatic carbocycles. The van der Waals surface area contributed by atoms with E-state index in [0.717, 1.165) is 17.7 Å². The summed E-state index contributed by atoms with van der Waals surface area (Å²) >= 11 is 1.45. The molecule has 0 spiro atoms. The summed E-state index contributed by atoms with van der Waals surface area (Å²) in [5, 5.41) is 3.45. The van der Waals surface area contributed by atoms with E-state index in [2.05, 4.69) is 22.2 Å². The summed E-state index contributed by atoms with van der Waals surface area (Å²) < 4.78 is 0. The highest BCUT2D eigenvalue weighted by Gasteiger charge is 2.13. The molecular formula is C15H18N4OS. The number of aromatic nitrogens is 2. The van der Waals surface area contributed by atoms with E-state index in [4.69, 9.17) is 5.73 Å². The molecule has 1 heterocycles. The lowest BCUT2D eigenvalue weighted by Gasteiger charge is -2.07. The number of nitrogens with one attached hydrogen (secondary N) is 1. The zero-order valence-electron chi connectivity index (χ0n) is 11.9. The number of nitrogens with two attached hydrogens (primary N) is 1. The van der Waals surface area contributed by atoms with Gasteiger partial charge in [-0.3, -0.25) is 4.79 Å². The molecule has 3 N–H and O–H groups in total. The van der Waals surface area contributed by atoms with Gasteiger partial charge in [0.05, 0.1) is 6.20 Å². The first-order chi connectivity index (χ1) is 10.2. The second-order valence-corrected chi connectivity index (χ2v) is 5.56. The largest absolute Gasteiger partial charge is 0.382 e. The highest BCUT2D eigenvalue weighted by atomic mass is 32.2. The van der Waals surface area contributed by atoms with Gasteiger partial charge in [-0.15, -0.1) is 0 Å². The third-order valence-electron chi connectivity index (χ3n) is 2.78. The van der Waals surface area contributed by atoms with Gasteiger partial charge in [-0.05, 0) is 18.6 Å². The second-order valence-electron chi connectivity index (χ2n) is 4.47. The van der Waals surface area contributed by atoms with Crippen LogP contribution in [0.15, 0.2) is 46.5 Å². The van der Waals surface area contributed by atoms with Crippen molar-refractivity contribution in [2.45, 2.75) is 29.7 Å². The van der Waals surface area contributed by atoms with Crippen molar-refractivity contribution in [1.82, 2.24) is 15.3 Å². The Morgan fingerprint density at radius 1 is 1.33 bits per heavy atom. The summed E-state index contributed by atoms with van der Waals surface area (Å²) in [6.07, 6.45) is 3.53. The van der Waals surface area contributed by atoms with Gasteiger partial charge in [0.2, 0.25) is 0 Å². The van der Waals surface area contributed by atoms with Gasteiger partial charge in [-0.1, -0.05) is 43.3 Å². The molecule has 0 fully saturated rings. The maximum Gasteiger partial charge on any atom is 0.273 e. The molecule has 1 aromatic carbocycles. The average molecular weight is 302 g/mol. The predicted molar refractivity (Wildman–Crippen MR) is 84.3 cm³/mol. The molecule has 1 aromatic heterocycles. The van der Waals surface area contributed by atoms with Gasteiger partial charge in [0.1, 0.15) is 5.03 Å². The zero-order valence-corrected chi connectivity index (χ0v) is 12.7. The molecule has 2 rings (SSSR count). The van der Waals surface area contributed by atoms with Crippen molar-refractivity contribution < 1.29 is 4.79 Å². The van der Waals surface area contributed by atoms with Crippen LogP contribution in [0, 0.1) is 0 Å². The summed E-state index contributed by atoms with van der Waals surface area (Å²) in [6, 6.07) is 9.80. The molecule has 0 bridgehead atoms. The van der Waals surface area contributed by atoms with Gasteiger partial charge in [0, 0.05) is 11.4 Å². The van der Waals surface area contributed by atoms with Gasteiger partial charge in [-0.2, -0.15) is 0 Å². The normalized spacial score (nSPS) is 10.3. The maximum atomic E-state index is 12.0. The zero-order chi connectivity index (χ0) is 15.1. The van der Waals surface area contributed by atoms with Crippen LogP contribution in [0.25, 0.3) is 0 Å². The molecule has 110 valence electrons. The number of hydrogen-bond acceptors (Lipinski definition) is 5. The van der Waals surface area contributed by atoms with Crippen molar-refractivity contribution in [3.05, 3.63) is 42.2 Å². The van der Waals surface area contributed by atoms with Crippen molar-refractivity contribution in [3.63, 3.8) is 0 Å². The first-order valence-electron chi connectivity index (χ1n) is 6.84. The predicted octanol–water partition coefficient (Wildman–Crippen LogP) is 2.74. The fourth-order valence-electron chi connectivity index (χ4n) is 1.67. The third kappa shape index (κ3) is 4.46. The Bertz CT molecular complexity index is 604. The Hall–Kier alpha value is -2.08. The Kier molecular flexibility index (Phi) is 5.57. The summed E-state index contributed by atoms with van der Waals surface area (Å²) in [5.41, 5.74) is 5.93. The van der Waals surface area contributed by atoms with Gasteiger partial charge in [-0.25, -0.2) is 9.97 Å². The van der Waals surface area contributed by atoms with Crippen LogP contribution in [0.2, 0.25) is 0 Å². The maximum absolute atomic E-state index is 12.0. The molecule has 0 aliphatic rings. The van der Waals surface area contributed by atoms with Crippen LogP contribution in [0.3, 0.4) is 0 Å². The molecule has 0 saturated carbocycles. The smallest absolute Gasteiger partial charge is 0.273 e. The highest BCUT2D eigenvalue weighted by molar-refractivity contribution is 7.99. The summed E-state index contributed by atoms with van der Waals surface area (Å²) in [7, 11) is 0. The van der Waals surface area contributed by atoms with Gasteiger partial charge < -0.3 is 11.1 Å². The van der Waals surface area contributed by atoms with Crippen LogP contribution >= 0.6 is 11.8 Å². The number of rotatable bonds is 6. The van der Waals surface area contributed by atoms with E-state index in [1.165, 1.54) is 11.8 Å². The number of nitrogens with zero attached hydrogens (tertiary/aromatic N) is 2. The van der Waals surface area contributed by atoms with Crippen LogP contribution in [0.1, 0.15) is 30.3 Å². The third-order valence-corrected chi connectivity index (χ3v) is 3.69. The Morgan fingerprint density at radius 3 is 2.81 bits per heavy atom. The molecule has 0 saturated heterocycles. The lowest BCUT2D eigenvalue weighted by molar-refractivity contribution is 0.0948. The molecular weight excluding hydrogens is 284 g/mol. The Balaban J connectivity index is 2.11. The van der Waals surface area contributed by atoms with Crippen LogP contribution in [0.4, 0.5) is 5.82 Å². The van der Waals surface area contributed by atoms with E-state index in [0.29, 0.717) is 11.6 Å². The molecule has 0 aliphatic heterocycles. The number of anilines is 1. The number of hydrogen-bond donors (Lipinski definition) is 2. The standard InChI is InChI=1S/C15H18N4OS/c1-2-3-9-17-15(20)13-14(16)18-10-12(19-13)21-11-7-5-4-6-8-11/h4-8,10H,2-3,9H2,1H3,(H2,16,18)(H,17,20). The van der Waals surface area contributed by atoms with Crippen LogP contribution < -0.4 is 11.1 Å². The monoisotopic (exact) mass is 302 g/mol. The van der Waals surface area contributed by atoms with E-state index in [9.17, 15) is 4.79 Å². The minimum atomic E-state index is -0.274. The quantitative estimate of drug-likeness (QED) is 0.802. The van der Waals surface area contributed by atoms with Crippen molar-refractivity contribution in [3.8, 4) is 0 Å². The van der Waals surface area contributed by atoms with E-state index >= 15 is 0 Å². The number of nitrogen functional groups attached to an aromatic ring is 1. The topological polar surface area (TPSA) is 80.9 Å². The van der Waals surface area contributed by atoms with Gasteiger partial charge in [0.25, 0.3) is 5.91 Å². The van der Waals surface area contributed by atoms with Gasteiger partial charge >= 0.3 is 0 Å². The van der Waals surface area contributed by atoms with Crippen molar-refractivity contribution in [1.29, 1.82) is 0 Å². The fourth-order valence-corrected chi connectivity index (χ4v) is 2.45. The lowest BCUT2D eigenvalue weighted by Crippen LogP contribution is -2.26. The number of unbranched alkanes of at least 4 members (excludes halogenated alkanes) is 1. The number of amides is 1. The SMILES string of the molecule is CCCCNC(=O)c1nc(Sc2ccccc2)cnc1N.